The predicted molar refractivity (Wildman–Crippen MR) is 216 cm³/mol. The van der Waals surface area contributed by atoms with Gasteiger partial charge >= 0.3 is 18.2 Å². The van der Waals surface area contributed by atoms with Gasteiger partial charge in [0, 0.05) is 30.7 Å². The zero-order chi connectivity index (χ0) is 43.0. The number of ether oxygens (including phenoxy) is 1. The second kappa shape index (κ2) is 18.1. The summed E-state index contributed by atoms with van der Waals surface area (Å²) >= 11 is 5.57. The van der Waals surface area contributed by atoms with Crippen molar-refractivity contribution < 1.29 is 47.6 Å². The molecule has 2 heterocycles. The standard InChI is InChI=1S/C21H16ClF3N4O3.C21H15N3O4/c1-26-19(30)18-11-15(8-9-27-18)32-14-5-2-12(3-6-14)28-20(31)29-13-4-7-17(22)16(10-13)21(23,24)25;25-17-7-3-1-5-15(17)19-22-20(16-6-2-4-8-18(16)26)24(23-19)14-11-9-13(10-12-14)21(27)28/h2-11H,1H3,(H,26,30)(H2,28,29,31);1-12,25-26H,(H,27,28). The Balaban J connectivity index is 0.000000203. The first kappa shape index (κ1) is 41.7. The summed E-state index contributed by atoms with van der Waals surface area (Å²) < 4.78 is 46.0. The minimum absolute atomic E-state index is 0.0298. The number of carbonyl (C=O) groups is 3. The van der Waals surface area contributed by atoms with Gasteiger partial charge in [0.05, 0.1) is 33.0 Å². The van der Waals surface area contributed by atoms with Gasteiger partial charge in [0.1, 0.15) is 28.7 Å². The number of benzene rings is 5. The lowest BCUT2D eigenvalue weighted by atomic mass is 10.1. The van der Waals surface area contributed by atoms with Crippen LogP contribution in [0.25, 0.3) is 28.5 Å². The van der Waals surface area contributed by atoms with E-state index in [0.29, 0.717) is 39.8 Å². The molecule has 2 aromatic heterocycles. The summed E-state index contributed by atoms with van der Waals surface area (Å²) in [5.74, 6) is 0.132. The van der Waals surface area contributed by atoms with Crippen LogP contribution in [0.15, 0.2) is 134 Å². The minimum Gasteiger partial charge on any atom is -0.507 e. The van der Waals surface area contributed by atoms with E-state index < -0.39 is 28.8 Å². The Kier molecular flexibility index (Phi) is 12.6. The molecule has 0 aliphatic carbocycles. The van der Waals surface area contributed by atoms with E-state index in [9.17, 15) is 37.8 Å². The second-order valence-electron chi connectivity index (χ2n) is 12.4. The quantitative estimate of drug-likeness (QED) is 0.0814. The number of halogens is 4. The molecule has 0 unspecified atom stereocenters. The number of rotatable bonds is 9. The highest BCUT2D eigenvalue weighted by Gasteiger charge is 2.33. The maximum Gasteiger partial charge on any atom is 0.417 e. The van der Waals surface area contributed by atoms with Gasteiger partial charge in [-0.25, -0.2) is 19.3 Å². The number of anilines is 2. The first-order valence-electron chi connectivity index (χ1n) is 17.5. The fraction of sp³-hybridized carbons (Fsp3) is 0.0476. The second-order valence-corrected chi connectivity index (χ2v) is 12.8. The Hall–Kier alpha value is -7.92. The van der Waals surface area contributed by atoms with Gasteiger partial charge in [0.15, 0.2) is 11.6 Å². The van der Waals surface area contributed by atoms with Crippen LogP contribution in [-0.2, 0) is 6.18 Å². The number of phenolic OH excluding ortho intramolecular Hbond substituents is 2. The Bertz CT molecular complexity index is 2680. The molecule has 0 bridgehead atoms. The SMILES string of the molecule is CNC(=O)c1cc(Oc2ccc(NC(=O)Nc3ccc(Cl)c(C(F)(F)F)c3)cc2)ccn1.O=C(O)c1ccc(-n2nc(-c3ccccc3O)nc2-c2ccccc2O)cc1. The third kappa shape index (κ3) is 10.1. The van der Waals surface area contributed by atoms with E-state index >= 15 is 0 Å². The van der Waals surface area contributed by atoms with Crippen molar-refractivity contribution >= 4 is 40.9 Å². The molecule has 304 valence electrons. The number of phenols is 2. The van der Waals surface area contributed by atoms with Crippen molar-refractivity contribution in [3.05, 3.63) is 155 Å². The third-order valence-electron chi connectivity index (χ3n) is 8.32. The predicted octanol–water partition coefficient (Wildman–Crippen LogP) is 9.26. The number of hydrogen-bond donors (Lipinski definition) is 6. The van der Waals surface area contributed by atoms with Gasteiger partial charge < -0.3 is 36.0 Å². The van der Waals surface area contributed by atoms with Crippen LogP contribution in [0.1, 0.15) is 26.4 Å². The van der Waals surface area contributed by atoms with E-state index in [-0.39, 0.29) is 40.2 Å². The number of pyridine rings is 1. The average molecular weight is 838 g/mol. The molecular formula is C42H31ClF3N7O7. The Morgan fingerprint density at radius 2 is 1.37 bits per heavy atom. The molecule has 0 fully saturated rings. The number of carbonyl (C=O) groups excluding carboxylic acids is 2. The van der Waals surface area contributed by atoms with Gasteiger partial charge in [-0.05, 0) is 97.1 Å². The van der Waals surface area contributed by atoms with E-state index in [2.05, 4.69) is 31.0 Å². The van der Waals surface area contributed by atoms with Crippen molar-refractivity contribution in [2.24, 2.45) is 0 Å². The van der Waals surface area contributed by atoms with E-state index in [4.69, 9.17) is 21.4 Å². The highest BCUT2D eigenvalue weighted by molar-refractivity contribution is 6.31. The Morgan fingerprint density at radius 1 is 0.750 bits per heavy atom. The number of amides is 3. The van der Waals surface area contributed by atoms with Crippen LogP contribution in [0.2, 0.25) is 5.02 Å². The highest BCUT2D eigenvalue weighted by atomic mass is 35.5. The highest BCUT2D eigenvalue weighted by Crippen LogP contribution is 2.37. The van der Waals surface area contributed by atoms with Crippen LogP contribution in [0.3, 0.4) is 0 Å². The van der Waals surface area contributed by atoms with Gasteiger partial charge in [-0.1, -0.05) is 35.9 Å². The van der Waals surface area contributed by atoms with E-state index in [1.54, 1.807) is 84.9 Å². The van der Waals surface area contributed by atoms with Gasteiger partial charge in [0.2, 0.25) is 0 Å². The summed E-state index contributed by atoms with van der Waals surface area (Å²) in [5.41, 5.74) is 1.07. The lowest BCUT2D eigenvalue weighted by molar-refractivity contribution is -0.137. The van der Waals surface area contributed by atoms with Crippen molar-refractivity contribution in [3.63, 3.8) is 0 Å². The molecule has 0 aliphatic rings. The molecule has 0 atom stereocenters. The smallest absolute Gasteiger partial charge is 0.417 e. The molecule has 0 spiro atoms. The van der Waals surface area contributed by atoms with Crippen molar-refractivity contribution in [2.45, 2.75) is 6.18 Å². The maximum atomic E-state index is 12.9. The zero-order valence-electron chi connectivity index (χ0n) is 31.0. The van der Waals surface area contributed by atoms with Crippen molar-refractivity contribution in [2.75, 3.05) is 17.7 Å². The van der Waals surface area contributed by atoms with E-state index in [1.165, 1.54) is 48.3 Å². The fourth-order valence-corrected chi connectivity index (χ4v) is 5.66. The Labute approximate surface area is 343 Å². The van der Waals surface area contributed by atoms with Gasteiger partial charge in [0.25, 0.3) is 5.91 Å². The molecule has 3 amide bonds. The number of carboxylic acid groups (broad SMARTS) is 1. The molecule has 0 saturated carbocycles. The number of nitrogens with one attached hydrogen (secondary N) is 3. The van der Waals surface area contributed by atoms with Crippen LogP contribution in [0.5, 0.6) is 23.0 Å². The molecule has 14 nitrogen and oxygen atoms in total. The monoisotopic (exact) mass is 837 g/mol. The molecule has 6 N–H and O–H groups in total. The molecule has 0 saturated heterocycles. The molecule has 7 rings (SSSR count). The molecule has 0 radical (unpaired) electrons. The summed E-state index contributed by atoms with van der Waals surface area (Å²) in [5, 5.41) is 40.9. The van der Waals surface area contributed by atoms with Crippen LogP contribution in [0.4, 0.5) is 29.3 Å². The largest absolute Gasteiger partial charge is 0.507 e. The lowest BCUT2D eigenvalue weighted by Gasteiger charge is -2.12. The van der Waals surface area contributed by atoms with Gasteiger partial charge in [-0.15, -0.1) is 5.10 Å². The molecule has 60 heavy (non-hydrogen) atoms. The van der Waals surface area contributed by atoms with Crippen LogP contribution in [0, 0.1) is 0 Å². The number of para-hydroxylation sites is 2. The number of aromatic hydroxyl groups is 2. The third-order valence-corrected chi connectivity index (χ3v) is 8.65. The summed E-state index contributed by atoms with van der Waals surface area (Å²) in [7, 11) is 1.49. The van der Waals surface area contributed by atoms with Crippen LogP contribution >= 0.6 is 11.6 Å². The zero-order valence-corrected chi connectivity index (χ0v) is 31.7. The van der Waals surface area contributed by atoms with Gasteiger partial charge in [-0.2, -0.15) is 13.2 Å². The number of hydrogen-bond acceptors (Lipinski definition) is 9. The summed E-state index contributed by atoms with van der Waals surface area (Å²) in [6.07, 6.45) is -3.21. The lowest BCUT2D eigenvalue weighted by Crippen LogP contribution is -2.19. The maximum absolute atomic E-state index is 12.9. The number of carboxylic acids is 1. The normalized spacial score (nSPS) is 10.8. The number of aromatic nitrogens is 4. The topological polar surface area (TPSA) is 201 Å². The van der Waals surface area contributed by atoms with Crippen LogP contribution in [-0.4, -0.2) is 60.0 Å². The summed E-state index contributed by atoms with van der Waals surface area (Å²) in [4.78, 5) is 43.3. The molecule has 18 heteroatoms. The van der Waals surface area contributed by atoms with E-state index in [1.807, 2.05) is 0 Å². The number of nitrogens with zero attached hydrogens (tertiary/aromatic N) is 4. The van der Waals surface area contributed by atoms with Crippen molar-refractivity contribution in [1.82, 2.24) is 25.1 Å². The molecule has 5 aromatic carbocycles. The number of aromatic carboxylic acids is 1. The van der Waals surface area contributed by atoms with Crippen molar-refractivity contribution in [3.8, 4) is 51.5 Å². The molecular weight excluding hydrogens is 807 g/mol. The average Bonchev–Trinajstić information content (AvgIpc) is 3.67. The molecule has 7 aromatic rings. The Morgan fingerprint density at radius 3 is 1.98 bits per heavy atom. The first-order valence-corrected chi connectivity index (χ1v) is 17.9. The number of urea groups is 1. The van der Waals surface area contributed by atoms with Crippen LogP contribution < -0.4 is 20.7 Å². The van der Waals surface area contributed by atoms with E-state index in [0.717, 1.165) is 12.1 Å². The van der Waals surface area contributed by atoms with Crippen molar-refractivity contribution in [1.29, 1.82) is 0 Å². The fourth-order valence-electron chi connectivity index (χ4n) is 5.43. The summed E-state index contributed by atoms with van der Waals surface area (Å²) in [6.45, 7) is 0. The minimum atomic E-state index is -4.64. The first-order chi connectivity index (χ1) is 28.7. The molecule has 0 aliphatic heterocycles. The van der Waals surface area contributed by atoms with Gasteiger partial charge in [-0.3, -0.25) is 9.78 Å². The number of alkyl halides is 3. The summed E-state index contributed by atoms with van der Waals surface area (Å²) in [6, 6.07) is 31.1.